The number of halogens is 1. The number of hydrogen-bond acceptors (Lipinski definition) is 4. The van der Waals surface area contributed by atoms with Gasteiger partial charge in [-0.1, -0.05) is 35.9 Å². The molecule has 1 aliphatic rings. The van der Waals surface area contributed by atoms with Crippen LogP contribution < -0.4 is 5.32 Å². The van der Waals surface area contributed by atoms with Crippen LogP contribution in [0.3, 0.4) is 0 Å². The van der Waals surface area contributed by atoms with Gasteiger partial charge in [-0.2, -0.15) is 0 Å². The summed E-state index contributed by atoms with van der Waals surface area (Å²) in [5, 5.41) is 3.52. The number of hydrogen-bond donors (Lipinski definition) is 1. The third kappa shape index (κ3) is 4.55. The third-order valence-electron chi connectivity index (χ3n) is 4.87. The SMILES string of the molecule is CN(C)S(=O)(=O)c1cccc(NC(=O)CN2CCCC2c2ccccc2Cl)c1. The molecule has 1 amide bonds. The zero-order chi connectivity index (χ0) is 20.3. The summed E-state index contributed by atoms with van der Waals surface area (Å²) in [5.41, 5.74) is 1.50. The van der Waals surface area contributed by atoms with Crippen LogP contribution in [-0.4, -0.2) is 50.7 Å². The molecule has 2 aromatic rings. The minimum atomic E-state index is -3.55. The molecular formula is C20H24ClN3O3S. The third-order valence-corrected chi connectivity index (χ3v) is 7.03. The quantitative estimate of drug-likeness (QED) is 0.776. The van der Waals surface area contributed by atoms with Crippen molar-refractivity contribution in [3.8, 4) is 0 Å². The van der Waals surface area contributed by atoms with E-state index >= 15 is 0 Å². The molecule has 1 fully saturated rings. The summed E-state index contributed by atoms with van der Waals surface area (Å²) in [7, 11) is -0.600. The Morgan fingerprint density at radius 3 is 2.68 bits per heavy atom. The minimum absolute atomic E-state index is 0.111. The van der Waals surface area contributed by atoms with E-state index in [0.29, 0.717) is 10.7 Å². The van der Waals surface area contributed by atoms with Crippen molar-refractivity contribution < 1.29 is 13.2 Å². The van der Waals surface area contributed by atoms with Gasteiger partial charge in [0.05, 0.1) is 11.4 Å². The Kier molecular flexibility index (Phi) is 6.40. The number of anilines is 1. The summed E-state index contributed by atoms with van der Waals surface area (Å²) in [6.07, 6.45) is 1.95. The number of nitrogens with one attached hydrogen (secondary N) is 1. The lowest BCUT2D eigenvalue weighted by atomic mass is 10.0. The van der Waals surface area contributed by atoms with Crippen molar-refractivity contribution in [2.24, 2.45) is 0 Å². The predicted octanol–water partition coefficient (Wildman–Crippen LogP) is 3.37. The second-order valence-corrected chi connectivity index (χ2v) is 9.57. The molecule has 6 nitrogen and oxygen atoms in total. The number of nitrogens with zero attached hydrogens (tertiary/aromatic N) is 2. The molecule has 150 valence electrons. The second-order valence-electron chi connectivity index (χ2n) is 7.01. The summed E-state index contributed by atoms with van der Waals surface area (Å²) in [6.45, 7) is 1.04. The Morgan fingerprint density at radius 2 is 1.96 bits per heavy atom. The summed E-state index contributed by atoms with van der Waals surface area (Å²) >= 11 is 6.33. The number of sulfonamides is 1. The van der Waals surface area contributed by atoms with Gasteiger partial charge in [0.1, 0.15) is 0 Å². The highest BCUT2D eigenvalue weighted by atomic mass is 35.5. The van der Waals surface area contributed by atoms with Gasteiger partial charge in [-0.15, -0.1) is 0 Å². The molecule has 2 aromatic carbocycles. The number of likely N-dealkylation sites (tertiary alicyclic amines) is 1. The Bertz CT molecular complexity index is 963. The number of amides is 1. The fourth-order valence-corrected chi connectivity index (χ4v) is 4.65. The van der Waals surface area contributed by atoms with E-state index in [0.717, 1.165) is 29.3 Å². The average Bonchev–Trinajstić information content (AvgIpc) is 3.09. The first-order valence-electron chi connectivity index (χ1n) is 9.10. The maximum atomic E-state index is 12.6. The van der Waals surface area contributed by atoms with Crippen molar-refractivity contribution in [1.29, 1.82) is 0 Å². The Hall–Kier alpha value is -1.93. The Balaban J connectivity index is 1.70. The van der Waals surface area contributed by atoms with Crippen LogP contribution in [0.5, 0.6) is 0 Å². The molecule has 3 rings (SSSR count). The predicted molar refractivity (Wildman–Crippen MR) is 111 cm³/mol. The fourth-order valence-electron chi connectivity index (χ4n) is 3.44. The van der Waals surface area contributed by atoms with Crippen molar-refractivity contribution in [3.05, 3.63) is 59.1 Å². The van der Waals surface area contributed by atoms with E-state index in [9.17, 15) is 13.2 Å². The van der Waals surface area contributed by atoms with E-state index in [2.05, 4.69) is 10.2 Å². The van der Waals surface area contributed by atoms with Crippen LogP contribution in [0.4, 0.5) is 5.69 Å². The molecule has 0 saturated carbocycles. The lowest BCUT2D eigenvalue weighted by Crippen LogP contribution is -2.33. The van der Waals surface area contributed by atoms with Crippen molar-refractivity contribution in [3.63, 3.8) is 0 Å². The molecule has 0 aromatic heterocycles. The lowest BCUT2D eigenvalue weighted by molar-refractivity contribution is -0.117. The van der Waals surface area contributed by atoms with Gasteiger partial charge in [0.25, 0.3) is 0 Å². The molecule has 1 atom stereocenters. The molecule has 1 unspecified atom stereocenters. The van der Waals surface area contributed by atoms with Gasteiger partial charge in [0.2, 0.25) is 15.9 Å². The summed E-state index contributed by atoms with van der Waals surface area (Å²) in [5.74, 6) is -0.182. The second kappa shape index (κ2) is 8.61. The maximum Gasteiger partial charge on any atom is 0.242 e. The van der Waals surface area contributed by atoms with E-state index < -0.39 is 10.0 Å². The molecule has 0 bridgehead atoms. The number of carbonyl (C=O) groups is 1. The largest absolute Gasteiger partial charge is 0.325 e. The smallest absolute Gasteiger partial charge is 0.242 e. The van der Waals surface area contributed by atoms with Crippen LogP contribution in [0.25, 0.3) is 0 Å². The van der Waals surface area contributed by atoms with E-state index in [1.54, 1.807) is 12.1 Å². The Morgan fingerprint density at radius 1 is 1.21 bits per heavy atom. The number of benzene rings is 2. The highest BCUT2D eigenvalue weighted by Gasteiger charge is 2.29. The normalized spacial score (nSPS) is 17.8. The zero-order valence-electron chi connectivity index (χ0n) is 15.9. The van der Waals surface area contributed by atoms with Crippen LogP contribution in [0.15, 0.2) is 53.4 Å². The maximum absolute atomic E-state index is 12.6. The Labute approximate surface area is 171 Å². The molecule has 0 radical (unpaired) electrons. The van der Waals surface area contributed by atoms with E-state index in [1.807, 2.05) is 24.3 Å². The van der Waals surface area contributed by atoms with Crippen molar-refractivity contribution in [2.75, 3.05) is 32.5 Å². The van der Waals surface area contributed by atoms with Gasteiger partial charge < -0.3 is 5.32 Å². The minimum Gasteiger partial charge on any atom is -0.325 e. The summed E-state index contributed by atoms with van der Waals surface area (Å²) < 4.78 is 25.7. The van der Waals surface area contributed by atoms with Gasteiger partial charge in [-0.05, 0) is 49.2 Å². The molecule has 1 aliphatic heterocycles. The molecule has 0 aliphatic carbocycles. The first-order valence-corrected chi connectivity index (χ1v) is 10.9. The number of carbonyl (C=O) groups excluding carboxylic acids is 1. The van der Waals surface area contributed by atoms with Crippen LogP contribution in [0.2, 0.25) is 5.02 Å². The first-order chi connectivity index (χ1) is 13.3. The topological polar surface area (TPSA) is 69.7 Å². The molecule has 0 spiro atoms. The highest BCUT2D eigenvalue weighted by Crippen LogP contribution is 2.35. The van der Waals surface area contributed by atoms with Crippen molar-refractivity contribution >= 4 is 33.2 Å². The van der Waals surface area contributed by atoms with E-state index in [1.165, 1.54) is 26.2 Å². The van der Waals surface area contributed by atoms with Gasteiger partial charge in [0, 0.05) is 30.8 Å². The van der Waals surface area contributed by atoms with Crippen molar-refractivity contribution in [1.82, 2.24) is 9.21 Å². The standard InChI is InChI=1S/C20H24ClN3O3S/c1-23(2)28(26,27)16-8-5-7-15(13-16)22-20(25)14-24-12-6-11-19(24)17-9-3-4-10-18(17)21/h3-5,7-10,13,19H,6,11-12,14H2,1-2H3,(H,22,25). The van der Waals surface area contributed by atoms with Crippen molar-refractivity contribution in [2.45, 2.75) is 23.8 Å². The molecule has 8 heteroatoms. The van der Waals surface area contributed by atoms with Crippen LogP contribution in [0.1, 0.15) is 24.4 Å². The molecule has 1 heterocycles. The van der Waals surface area contributed by atoms with Crippen LogP contribution in [-0.2, 0) is 14.8 Å². The molecule has 28 heavy (non-hydrogen) atoms. The van der Waals surface area contributed by atoms with Gasteiger partial charge in [-0.25, -0.2) is 12.7 Å². The zero-order valence-corrected chi connectivity index (χ0v) is 17.5. The monoisotopic (exact) mass is 421 g/mol. The first kappa shape index (κ1) is 20.8. The van der Waals surface area contributed by atoms with Crippen LogP contribution >= 0.6 is 11.6 Å². The fraction of sp³-hybridized carbons (Fsp3) is 0.350. The molecule has 1 N–H and O–H groups in total. The van der Waals surface area contributed by atoms with Gasteiger partial charge in [0.15, 0.2) is 0 Å². The van der Waals surface area contributed by atoms with E-state index in [4.69, 9.17) is 11.6 Å². The lowest BCUT2D eigenvalue weighted by Gasteiger charge is -2.25. The summed E-state index contributed by atoms with van der Waals surface area (Å²) in [4.78, 5) is 14.8. The van der Waals surface area contributed by atoms with E-state index in [-0.39, 0.29) is 23.4 Å². The highest BCUT2D eigenvalue weighted by molar-refractivity contribution is 7.89. The van der Waals surface area contributed by atoms with Gasteiger partial charge in [-0.3, -0.25) is 9.69 Å². The van der Waals surface area contributed by atoms with Crippen LogP contribution in [0, 0.1) is 0 Å². The summed E-state index contributed by atoms with van der Waals surface area (Å²) in [6, 6.07) is 14.1. The molecule has 1 saturated heterocycles. The number of rotatable bonds is 6. The molecular weight excluding hydrogens is 398 g/mol. The van der Waals surface area contributed by atoms with Gasteiger partial charge >= 0.3 is 0 Å². The average molecular weight is 422 g/mol.